The van der Waals surface area contributed by atoms with E-state index in [-0.39, 0.29) is 23.0 Å². The lowest BCUT2D eigenvalue weighted by Crippen LogP contribution is -2.72. The number of ether oxygens (including phenoxy) is 2. The molecule has 5 fully saturated rings. The quantitative estimate of drug-likeness (QED) is 0.536. The molecule has 10 unspecified atom stereocenters. The van der Waals surface area contributed by atoms with Crippen molar-refractivity contribution in [1.29, 1.82) is 0 Å². The minimum absolute atomic E-state index is 0.0133. The van der Waals surface area contributed by atoms with Gasteiger partial charge in [0.05, 0.1) is 30.1 Å². The Kier molecular flexibility index (Phi) is 3.02. The second-order valence-corrected chi connectivity index (χ2v) is 8.96. The van der Waals surface area contributed by atoms with Crippen molar-refractivity contribution in [3.63, 3.8) is 0 Å². The lowest BCUT2D eigenvalue weighted by molar-refractivity contribution is -0.302. The van der Waals surface area contributed by atoms with Crippen LogP contribution in [-0.4, -0.2) is 56.6 Å². The van der Waals surface area contributed by atoms with E-state index in [2.05, 4.69) is 0 Å². The van der Waals surface area contributed by atoms with Gasteiger partial charge in [-0.3, -0.25) is 4.79 Å². The smallest absolute Gasteiger partial charge is 0.341 e. The predicted octanol–water partition coefficient (Wildman–Crippen LogP) is 0.484. The Labute approximate surface area is 151 Å². The van der Waals surface area contributed by atoms with E-state index in [9.17, 15) is 24.9 Å². The van der Waals surface area contributed by atoms with Gasteiger partial charge < -0.3 is 24.8 Å². The number of fused-ring (bicyclic) bond motifs is 1. The molecule has 0 aromatic heterocycles. The van der Waals surface area contributed by atoms with Crippen LogP contribution < -0.4 is 0 Å². The third-order valence-electron chi connectivity index (χ3n) is 7.60. The van der Waals surface area contributed by atoms with E-state index >= 15 is 0 Å². The Morgan fingerprint density at radius 1 is 1.08 bits per heavy atom. The molecule has 142 valence electrons. The molecule has 6 rings (SSSR count). The molecule has 0 aromatic rings. The van der Waals surface area contributed by atoms with Crippen LogP contribution in [0.25, 0.3) is 0 Å². The van der Waals surface area contributed by atoms with Crippen molar-refractivity contribution in [3.05, 3.63) is 11.3 Å². The Morgan fingerprint density at radius 2 is 1.77 bits per heavy atom. The highest BCUT2D eigenvalue weighted by Gasteiger charge is 2.87. The lowest BCUT2D eigenvalue weighted by atomic mass is 9.59. The zero-order valence-electron chi connectivity index (χ0n) is 15.0. The van der Waals surface area contributed by atoms with Crippen LogP contribution in [0, 0.1) is 29.6 Å². The van der Waals surface area contributed by atoms with E-state index in [0.717, 1.165) is 0 Å². The fraction of sp³-hybridized carbons (Fsp3) is 0.789. The zero-order chi connectivity index (χ0) is 18.8. The molecule has 7 heteroatoms. The highest BCUT2D eigenvalue weighted by atomic mass is 16.6. The third-order valence-corrected chi connectivity index (χ3v) is 7.60. The van der Waals surface area contributed by atoms with Crippen molar-refractivity contribution in [2.75, 3.05) is 0 Å². The molecule has 6 aliphatic rings. The summed E-state index contributed by atoms with van der Waals surface area (Å²) >= 11 is 0. The van der Waals surface area contributed by atoms with Crippen LogP contribution in [0.4, 0.5) is 0 Å². The van der Waals surface area contributed by atoms with Gasteiger partial charge in [0.2, 0.25) is 0 Å². The van der Waals surface area contributed by atoms with Crippen molar-refractivity contribution >= 4 is 11.8 Å². The zero-order valence-corrected chi connectivity index (χ0v) is 15.0. The molecule has 10 atom stereocenters. The van der Waals surface area contributed by atoms with Gasteiger partial charge >= 0.3 is 5.97 Å². The molecule has 2 spiro atoms. The Bertz CT molecular complexity index is 759. The number of aliphatic hydroxyl groups excluding tert-OH is 3. The second-order valence-electron chi connectivity index (χ2n) is 8.96. The minimum atomic E-state index is -1.51. The number of hydrogen-bond acceptors (Lipinski definition) is 7. The highest BCUT2D eigenvalue weighted by molar-refractivity contribution is 6.00. The van der Waals surface area contributed by atoms with Gasteiger partial charge in [0.1, 0.15) is 17.1 Å². The van der Waals surface area contributed by atoms with E-state index < -0.39 is 59.2 Å². The molecular weight excluding hydrogens is 340 g/mol. The number of Topliss-reactive ketones (excluding diaryl/α,β-unsaturated/α-hetero) is 1. The first-order chi connectivity index (χ1) is 12.2. The van der Waals surface area contributed by atoms with E-state index in [1.165, 1.54) is 0 Å². The van der Waals surface area contributed by atoms with E-state index in [0.29, 0.717) is 12.8 Å². The van der Waals surface area contributed by atoms with Crippen LogP contribution in [-0.2, 0) is 19.1 Å². The largest absolute Gasteiger partial charge is 0.511 e. The van der Waals surface area contributed by atoms with Gasteiger partial charge in [-0.1, -0.05) is 20.8 Å². The number of hydrogen-bond donors (Lipinski definition) is 3. The topological polar surface area (TPSA) is 113 Å². The summed E-state index contributed by atoms with van der Waals surface area (Å²) in [7, 11) is 0. The highest BCUT2D eigenvalue weighted by Crippen LogP contribution is 2.70. The molecule has 0 radical (unpaired) electrons. The van der Waals surface area contributed by atoms with Crippen LogP contribution in [0.15, 0.2) is 11.3 Å². The van der Waals surface area contributed by atoms with Crippen LogP contribution in [0.1, 0.15) is 33.6 Å². The molecule has 26 heavy (non-hydrogen) atoms. The monoisotopic (exact) mass is 364 g/mol. The molecule has 3 saturated heterocycles. The first-order valence-corrected chi connectivity index (χ1v) is 9.42. The maximum Gasteiger partial charge on any atom is 0.341 e. The lowest BCUT2D eigenvalue weighted by Gasteiger charge is -2.58. The molecule has 3 aliphatic carbocycles. The number of rotatable bonds is 0. The number of carbonyl (C=O) groups excluding carboxylic acids is 2. The Balaban J connectivity index is 1.86. The van der Waals surface area contributed by atoms with Crippen LogP contribution in [0.5, 0.6) is 0 Å². The third kappa shape index (κ3) is 1.47. The number of ketones is 1. The average Bonchev–Trinajstić information content (AvgIpc) is 2.87. The summed E-state index contributed by atoms with van der Waals surface area (Å²) in [6, 6.07) is 0. The second kappa shape index (κ2) is 4.69. The number of carbonyl (C=O) groups is 2. The summed E-state index contributed by atoms with van der Waals surface area (Å²) in [6.45, 7) is 5.43. The van der Waals surface area contributed by atoms with Crippen molar-refractivity contribution in [3.8, 4) is 0 Å². The molecule has 3 aliphatic heterocycles. The summed E-state index contributed by atoms with van der Waals surface area (Å²) in [4.78, 5) is 26.1. The molecular formula is C19H24O7. The van der Waals surface area contributed by atoms with Crippen LogP contribution >= 0.6 is 0 Å². The van der Waals surface area contributed by atoms with Crippen molar-refractivity contribution in [1.82, 2.24) is 0 Å². The van der Waals surface area contributed by atoms with Crippen LogP contribution in [0.3, 0.4) is 0 Å². The van der Waals surface area contributed by atoms with Gasteiger partial charge in [-0.05, 0) is 18.8 Å². The summed E-state index contributed by atoms with van der Waals surface area (Å²) in [5, 5.41) is 32.8. The normalized spacial score (nSPS) is 57.7. The van der Waals surface area contributed by atoms with Crippen molar-refractivity contribution in [2.24, 2.45) is 29.6 Å². The predicted molar refractivity (Wildman–Crippen MR) is 86.8 cm³/mol. The summed E-state index contributed by atoms with van der Waals surface area (Å²) in [5.41, 5.74) is -2.83. The number of allylic oxidation sites excluding steroid dienone is 1. The molecule has 2 saturated carbocycles. The molecule has 3 heterocycles. The molecule has 7 nitrogen and oxygen atoms in total. The van der Waals surface area contributed by atoms with Gasteiger partial charge in [-0.15, -0.1) is 0 Å². The van der Waals surface area contributed by atoms with E-state index in [4.69, 9.17) is 9.47 Å². The maximum atomic E-state index is 13.3. The average molecular weight is 364 g/mol. The standard InChI is InChI=1S/C19H24O7/c1-6-4-7(2)13(21)11-17(24)26-18-5-8(3)16-15(23)9(18)14(22)10(12(6)20)19(11,18)25-16/h6-10,14-16,21-23H,4-5H2,1-3H3. The first-order valence-electron chi connectivity index (χ1n) is 9.42. The number of aliphatic hydroxyl groups is 3. The Morgan fingerprint density at radius 3 is 2.46 bits per heavy atom. The summed E-state index contributed by atoms with van der Waals surface area (Å²) < 4.78 is 12.1. The molecule has 0 aromatic carbocycles. The summed E-state index contributed by atoms with van der Waals surface area (Å²) in [5.74, 6) is -3.72. The van der Waals surface area contributed by atoms with Crippen LogP contribution in [0.2, 0.25) is 0 Å². The maximum absolute atomic E-state index is 13.3. The first kappa shape index (κ1) is 16.7. The fourth-order valence-corrected chi connectivity index (χ4v) is 6.66. The molecule has 4 bridgehead atoms. The fourth-order valence-electron chi connectivity index (χ4n) is 6.66. The van der Waals surface area contributed by atoms with E-state index in [1.807, 2.05) is 6.92 Å². The molecule has 0 amide bonds. The SMILES string of the molecule is CC1CC(C)C(O)=C2C(=O)OC34CC(C)C5OC23C(C1=O)C(O)C4C5O. The Hall–Kier alpha value is -1.44. The summed E-state index contributed by atoms with van der Waals surface area (Å²) in [6.07, 6.45) is -2.05. The van der Waals surface area contributed by atoms with Crippen molar-refractivity contribution < 1.29 is 34.4 Å². The van der Waals surface area contributed by atoms with Gasteiger partial charge in [0.25, 0.3) is 0 Å². The van der Waals surface area contributed by atoms with Crippen molar-refractivity contribution in [2.45, 2.75) is 63.1 Å². The van der Waals surface area contributed by atoms with Gasteiger partial charge in [-0.2, -0.15) is 0 Å². The van der Waals surface area contributed by atoms with Gasteiger partial charge in [-0.25, -0.2) is 4.79 Å². The number of esters is 1. The van der Waals surface area contributed by atoms with Gasteiger partial charge in [0.15, 0.2) is 11.2 Å². The van der Waals surface area contributed by atoms with Gasteiger partial charge in [0, 0.05) is 11.8 Å². The van der Waals surface area contributed by atoms with E-state index in [1.54, 1.807) is 13.8 Å². The molecule has 3 N–H and O–H groups in total. The minimum Gasteiger partial charge on any atom is -0.511 e.